The summed E-state index contributed by atoms with van der Waals surface area (Å²) < 4.78 is 71.9. The molecule has 18 nitrogen and oxygen atoms in total. The molecule has 0 saturated heterocycles. The molecule has 1 atom stereocenters. The summed E-state index contributed by atoms with van der Waals surface area (Å²) in [5, 5.41) is 14.1. The van der Waals surface area contributed by atoms with Gasteiger partial charge in [-0.2, -0.15) is 9.82 Å². The van der Waals surface area contributed by atoms with Crippen LogP contribution in [0.1, 0.15) is 39.0 Å². The Morgan fingerprint density at radius 3 is 1.80 bits per heavy atom. The number of anilines is 1. The van der Waals surface area contributed by atoms with Gasteiger partial charge >= 0.3 is 12.1 Å². The first-order chi connectivity index (χ1) is 38.4. The van der Waals surface area contributed by atoms with Crippen LogP contribution in [0, 0.1) is 0 Å². The fraction of sp³-hybridized carbons (Fsp3) is 0.169. The number of ether oxygens (including phenoxy) is 2. The molecule has 9 aromatic rings. The highest BCUT2D eigenvalue weighted by Crippen LogP contribution is 2.42. The van der Waals surface area contributed by atoms with Crippen LogP contribution in [0.4, 0.5) is 10.7 Å². The van der Waals surface area contributed by atoms with Gasteiger partial charge < -0.3 is 25.4 Å². The lowest BCUT2D eigenvalue weighted by atomic mass is 9.76. The van der Waals surface area contributed by atoms with Crippen LogP contribution in [-0.4, -0.2) is 93.5 Å². The zero-order valence-corrected chi connectivity index (χ0v) is 44.6. The molecule has 0 aliphatic rings. The Bertz CT molecular complexity index is 3640. The van der Waals surface area contributed by atoms with Crippen LogP contribution in [0.2, 0.25) is 0 Å². The van der Waals surface area contributed by atoms with E-state index in [1.807, 2.05) is 95.8 Å². The number of carbonyl (C=O) groups excluding carboxylic acids is 3. The number of rotatable bonds is 24. The maximum atomic E-state index is 13.6. The van der Waals surface area contributed by atoms with Gasteiger partial charge in [-0.15, -0.1) is 0 Å². The van der Waals surface area contributed by atoms with E-state index in [1.165, 1.54) is 36.4 Å². The summed E-state index contributed by atoms with van der Waals surface area (Å²) in [5.74, 6) is -0.765. The lowest BCUT2D eigenvalue weighted by Gasteiger charge is -2.38. The molecule has 7 aromatic carbocycles. The van der Waals surface area contributed by atoms with Gasteiger partial charge in [0.25, 0.3) is 5.91 Å². The number of nitrogens with zero attached hydrogens (tertiary/aromatic N) is 4. The molecule has 0 radical (unpaired) electrons. The van der Waals surface area contributed by atoms with Crippen molar-refractivity contribution in [2.24, 2.45) is 0 Å². The number of alkyl carbamates (subject to hydrolysis) is 1. The van der Waals surface area contributed by atoms with Gasteiger partial charge in [-0.25, -0.2) is 31.3 Å². The van der Waals surface area contributed by atoms with E-state index in [9.17, 15) is 31.2 Å². The molecule has 9 rings (SSSR count). The van der Waals surface area contributed by atoms with Gasteiger partial charge in [-0.3, -0.25) is 18.8 Å². The molecule has 2 heterocycles. The third-order valence-electron chi connectivity index (χ3n) is 13.1. The third kappa shape index (κ3) is 12.9. The number of nitrogens with one attached hydrogen (secondary N) is 5. The Labute approximate surface area is 457 Å². The highest BCUT2D eigenvalue weighted by atomic mass is 32.2. The molecule has 2 aromatic heterocycles. The van der Waals surface area contributed by atoms with E-state index >= 15 is 0 Å². The Morgan fingerprint density at radius 1 is 0.646 bits per heavy atom. The summed E-state index contributed by atoms with van der Waals surface area (Å²) in [4.78, 5) is 43.0. The Morgan fingerprint density at radius 2 is 1.22 bits per heavy atom. The second kappa shape index (κ2) is 25.0. The van der Waals surface area contributed by atoms with Crippen molar-refractivity contribution in [1.29, 1.82) is 0 Å². The van der Waals surface area contributed by atoms with Crippen LogP contribution in [0.3, 0.4) is 0 Å². The van der Waals surface area contributed by atoms with E-state index in [0.717, 1.165) is 34.9 Å². The fourth-order valence-electron chi connectivity index (χ4n) is 9.22. The van der Waals surface area contributed by atoms with E-state index in [1.54, 1.807) is 42.7 Å². The predicted molar refractivity (Wildman–Crippen MR) is 300 cm³/mol. The van der Waals surface area contributed by atoms with Gasteiger partial charge in [0, 0.05) is 56.1 Å². The van der Waals surface area contributed by atoms with E-state index in [-0.39, 0.29) is 35.1 Å². The van der Waals surface area contributed by atoms with Gasteiger partial charge in [0.15, 0.2) is 0 Å². The Kier molecular flexibility index (Phi) is 17.4. The van der Waals surface area contributed by atoms with Crippen molar-refractivity contribution in [2.45, 2.75) is 40.9 Å². The van der Waals surface area contributed by atoms with Crippen molar-refractivity contribution in [1.82, 2.24) is 39.4 Å². The second-order valence-corrected chi connectivity index (χ2v) is 21.7. The van der Waals surface area contributed by atoms with Crippen LogP contribution in [0.5, 0.6) is 0 Å². The van der Waals surface area contributed by atoms with Gasteiger partial charge in [0.2, 0.25) is 26.0 Å². The molecule has 2 amide bonds. The number of benzene rings is 7. The molecule has 5 N–H and O–H groups in total. The number of esters is 1. The molecule has 0 fully saturated rings. The number of methoxy groups -OCH3 is 1. The minimum absolute atomic E-state index is 0.00401. The largest absolute Gasteiger partial charge is 0.468 e. The van der Waals surface area contributed by atoms with Gasteiger partial charge in [-0.05, 0) is 82.3 Å². The predicted octanol–water partition coefficient (Wildman–Crippen LogP) is 7.70. The average molecular weight is 1100 g/mol. The van der Waals surface area contributed by atoms with E-state index in [2.05, 4.69) is 71.5 Å². The molecule has 79 heavy (non-hydrogen) atoms. The summed E-state index contributed by atoms with van der Waals surface area (Å²) in [6.07, 6.45) is 5.49. The van der Waals surface area contributed by atoms with Crippen molar-refractivity contribution >= 4 is 54.9 Å². The lowest BCUT2D eigenvalue weighted by molar-refractivity contribution is -0.142. The number of aryl methyl sites for hydroxylation is 1. The van der Waals surface area contributed by atoms with E-state index < -0.39 is 56.1 Å². The molecule has 0 saturated carbocycles. The fourth-order valence-corrected chi connectivity index (χ4v) is 11.4. The van der Waals surface area contributed by atoms with Crippen LogP contribution in [-0.2, 0) is 53.0 Å². The SMILES string of the molecule is COC(=O)[C@H](CNC(=O)c1ccc2c(cnn2CCCNc2nccn2C(c2ccccc2)(c2ccccc2)c2ccccc2)c1)NS(=O)(=O)c1ccc(-c2ccc(S(=O)(=O)NCCNC(=O)OCc3ccccc3)cc2)cc1. The number of sulfonamides is 2. The standard InChI is InChI=1S/C59H57N9O9S2/c1-76-56(70)53(66-79(74,75)52-30-25-45(26-31-52)44-23-28-51(29-24-44)78(72,73)65-35-34-62-58(71)77-42-43-15-6-2-7-16-43)41-63-55(69)46-27-32-54-47(39-46)40-64-68(54)37-14-33-60-57-61-36-38-67(57)59(48-17-8-3-9-18-48,49-19-10-4-11-20-49)50-21-12-5-13-22-50/h2-13,15-32,36,38-40,53,65-66H,14,33-35,37,41-42H2,1H3,(H,60,61)(H,62,71)(H,63,69)/t53-/m0/s1. The molecule has 404 valence electrons. The Hall–Kier alpha value is -8.95. The van der Waals surface area contributed by atoms with Gasteiger partial charge in [0.1, 0.15) is 18.2 Å². The highest BCUT2D eigenvalue weighted by Gasteiger charge is 2.40. The molecular weight excluding hydrogens is 1040 g/mol. The minimum Gasteiger partial charge on any atom is -0.468 e. The van der Waals surface area contributed by atoms with Crippen molar-refractivity contribution in [3.05, 3.63) is 234 Å². The van der Waals surface area contributed by atoms with Gasteiger partial charge in [0.05, 0.1) is 28.6 Å². The summed E-state index contributed by atoms with van der Waals surface area (Å²) in [6.45, 7) is 0.708. The number of carbonyl (C=O) groups is 3. The highest BCUT2D eigenvalue weighted by molar-refractivity contribution is 7.89. The topological polar surface area (TPSA) is 234 Å². The third-order valence-corrected chi connectivity index (χ3v) is 16.1. The zero-order valence-electron chi connectivity index (χ0n) is 42.9. The van der Waals surface area contributed by atoms with Gasteiger partial charge in [-0.1, -0.05) is 146 Å². The smallest absolute Gasteiger partial charge is 0.407 e. The quantitative estimate of drug-likeness (QED) is 0.0223. The summed E-state index contributed by atoms with van der Waals surface area (Å²) in [7, 11) is -7.13. The second-order valence-electron chi connectivity index (χ2n) is 18.2. The Balaban J connectivity index is 0.773. The van der Waals surface area contributed by atoms with Crippen LogP contribution in [0.25, 0.3) is 22.0 Å². The number of hydrogen-bond acceptors (Lipinski definition) is 12. The van der Waals surface area contributed by atoms with Crippen LogP contribution >= 0.6 is 0 Å². The van der Waals surface area contributed by atoms with E-state index in [0.29, 0.717) is 42.0 Å². The first-order valence-corrected chi connectivity index (χ1v) is 28.3. The molecule has 0 unspecified atom stereocenters. The molecular formula is C59H57N9O9S2. The first kappa shape index (κ1) is 54.8. The van der Waals surface area contributed by atoms with Crippen molar-refractivity contribution < 1.29 is 40.7 Å². The van der Waals surface area contributed by atoms with E-state index in [4.69, 9.17) is 14.5 Å². The van der Waals surface area contributed by atoms with Crippen LogP contribution < -0.4 is 25.4 Å². The molecule has 0 bridgehead atoms. The number of amides is 2. The number of aromatic nitrogens is 4. The first-order valence-electron chi connectivity index (χ1n) is 25.3. The van der Waals surface area contributed by atoms with Crippen molar-refractivity contribution in [3.8, 4) is 11.1 Å². The molecule has 0 aliphatic heterocycles. The monoisotopic (exact) mass is 1100 g/mol. The number of fused-ring (bicyclic) bond motifs is 1. The summed E-state index contributed by atoms with van der Waals surface area (Å²) in [6, 6.07) is 55.6. The number of hydrogen-bond donors (Lipinski definition) is 5. The van der Waals surface area contributed by atoms with Crippen molar-refractivity contribution in [3.63, 3.8) is 0 Å². The van der Waals surface area contributed by atoms with Crippen molar-refractivity contribution in [2.75, 3.05) is 38.6 Å². The van der Waals surface area contributed by atoms with Crippen LogP contribution in [0.15, 0.2) is 216 Å². The lowest BCUT2D eigenvalue weighted by Crippen LogP contribution is -2.48. The minimum atomic E-state index is -4.32. The number of imidazole rings is 1. The summed E-state index contributed by atoms with van der Waals surface area (Å²) in [5.41, 5.74) is 5.59. The maximum absolute atomic E-state index is 13.6. The molecule has 0 aliphatic carbocycles. The average Bonchev–Trinajstić information content (AvgIpc) is 4.38. The maximum Gasteiger partial charge on any atom is 0.407 e. The summed E-state index contributed by atoms with van der Waals surface area (Å²) >= 11 is 0. The zero-order chi connectivity index (χ0) is 55.2. The molecule has 0 spiro atoms. The molecule has 20 heteroatoms. The normalized spacial score (nSPS) is 12.1.